The minimum absolute atomic E-state index is 0.0112. The van der Waals surface area contributed by atoms with Crippen LogP contribution in [0.2, 0.25) is 0 Å². The summed E-state index contributed by atoms with van der Waals surface area (Å²) in [5.74, 6) is -3.75. The maximum atomic E-state index is 13.0. The van der Waals surface area contributed by atoms with E-state index in [0.29, 0.717) is 0 Å². The molecule has 0 aliphatic rings. The van der Waals surface area contributed by atoms with Crippen molar-refractivity contribution >= 4 is 23.6 Å². The average molecular weight is 469 g/mol. The van der Waals surface area contributed by atoms with Crippen LogP contribution in [0.25, 0.3) is 0 Å². The Balaban J connectivity index is 2.00. The van der Waals surface area contributed by atoms with E-state index >= 15 is 0 Å². The number of carbonyl (C=O) groups is 4. The zero-order valence-electron chi connectivity index (χ0n) is 19.5. The molecule has 0 heterocycles. The predicted molar refractivity (Wildman–Crippen MR) is 126 cm³/mol. The van der Waals surface area contributed by atoms with E-state index < -0.39 is 42.0 Å². The van der Waals surface area contributed by atoms with Crippen LogP contribution in [0.4, 0.5) is 0 Å². The van der Waals surface area contributed by atoms with Gasteiger partial charge < -0.3 is 16.4 Å². The molecule has 0 spiro atoms. The van der Waals surface area contributed by atoms with Gasteiger partial charge in [-0.1, -0.05) is 74.5 Å². The molecule has 182 valence electrons. The lowest BCUT2D eigenvalue weighted by atomic mass is 9.95. The molecule has 2 rings (SSSR count). The molecule has 1 unspecified atom stereocenters. The van der Waals surface area contributed by atoms with Gasteiger partial charge in [0.1, 0.15) is 12.0 Å². The highest BCUT2D eigenvalue weighted by Gasteiger charge is 2.32. The van der Waals surface area contributed by atoms with Gasteiger partial charge in [-0.3, -0.25) is 24.0 Å². The Labute approximate surface area is 199 Å². The number of rotatable bonds is 13. The van der Waals surface area contributed by atoms with E-state index in [4.69, 9.17) is 10.6 Å². The van der Waals surface area contributed by atoms with Crippen molar-refractivity contribution in [2.24, 2.45) is 17.6 Å². The molecular formula is C25H32N4O5. The largest absolute Gasteiger partial charge is 0.370 e. The Hall–Kier alpha value is -3.72. The van der Waals surface area contributed by atoms with E-state index in [2.05, 4.69) is 16.1 Å². The summed E-state index contributed by atoms with van der Waals surface area (Å²) in [4.78, 5) is 55.1. The summed E-state index contributed by atoms with van der Waals surface area (Å²) in [6.07, 6.45) is -0.172. The van der Waals surface area contributed by atoms with Gasteiger partial charge in [-0.25, -0.2) is 5.48 Å². The molecule has 0 saturated heterocycles. The predicted octanol–water partition coefficient (Wildman–Crippen LogP) is 1.57. The quantitative estimate of drug-likeness (QED) is 0.261. The highest BCUT2D eigenvalue weighted by molar-refractivity contribution is 6.02. The van der Waals surface area contributed by atoms with Crippen LogP contribution in [0.1, 0.15) is 37.8 Å². The van der Waals surface area contributed by atoms with Crippen LogP contribution in [0, 0.1) is 11.8 Å². The molecule has 0 fully saturated rings. The lowest BCUT2D eigenvalue weighted by Crippen LogP contribution is -2.52. The Morgan fingerprint density at radius 1 is 0.853 bits per heavy atom. The van der Waals surface area contributed by atoms with E-state index in [9.17, 15) is 19.2 Å². The molecule has 0 radical (unpaired) electrons. The topological polar surface area (TPSA) is 140 Å². The molecule has 5 N–H and O–H groups in total. The monoisotopic (exact) mass is 468 g/mol. The highest BCUT2D eigenvalue weighted by atomic mass is 16.6. The van der Waals surface area contributed by atoms with Crippen molar-refractivity contribution in [3.05, 3.63) is 71.8 Å². The number of nitrogens with one attached hydrogen (secondary N) is 3. The number of hydrogen-bond acceptors (Lipinski definition) is 5. The molecule has 0 aliphatic heterocycles. The first-order valence-electron chi connectivity index (χ1n) is 11.1. The van der Waals surface area contributed by atoms with E-state index in [0.717, 1.165) is 11.1 Å². The molecule has 0 saturated carbocycles. The molecule has 0 aliphatic carbocycles. The van der Waals surface area contributed by atoms with Crippen LogP contribution in [0.5, 0.6) is 0 Å². The van der Waals surface area contributed by atoms with Crippen LogP contribution in [-0.2, 0) is 37.2 Å². The summed E-state index contributed by atoms with van der Waals surface area (Å²) in [5, 5.41) is 5.20. The normalized spacial score (nSPS) is 12.4. The summed E-state index contributed by atoms with van der Waals surface area (Å²) in [6, 6.07) is 17.2. The molecule has 2 aromatic carbocycles. The van der Waals surface area contributed by atoms with E-state index in [1.807, 2.05) is 74.5 Å². The lowest BCUT2D eigenvalue weighted by molar-refractivity contribution is -0.146. The number of benzene rings is 2. The van der Waals surface area contributed by atoms with Crippen molar-refractivity contribution < 1.29 is 24.0 Å². The molecule has 9 nitrogen and oxygen atoms in total. The highest BCUT2D eigenvalue weighted by Crippen LogP contribution is 2.14. The van der Waals surface area contributed by atoms with Crippen LogP contribution in [0.3, 0.4) is 0 Å². The second-order valence-electron chi connectivity index (χ2n) is 8.36. The minimum Gasteiger partial charge on any atom is -0.370 e. The summed E-state index contributed by atoms with van der Waals surface area (Å²) < 4.78 is 0. The van der Waals surface area contributed by atoms with Crippen molar-refractivity contribution in [1.29, 1.82) is 0 Å². The first-order valence-corrected chi connectivity index (χ1v) is 11.1. The van der Waals surface area contributed by atoms with Crippen LogP contribution < -0.4 is 21.8 Å². The van der Waals surface area contributed by atoms with Gasteiger partial charge in [0.05, 0.1) is 13.0 Å². The Kier molecular flexibility index (Phi) is 10.7. The summed E-state index contributed by atoms with van der Waals surface area (Å²) >= 11 is 0. The average Bonchev–Trinajstić information content (AvgIpc) is 2.81. The van der Waals surface area contributed by atoms with Gasteiger partial charge in [0.15, 0.2) is 0 Å². The molecule has 2 atom stereocenters. The fraction of sp³-hybridized carbons (Fsp3) is 0.360. The van der Waals surface area contributed by atoms with Gasteiger partial charge in [0.2, 0.25) is 17.7 Å². The van der Waals surface area contributed by atoms with Gasteiger partial charge in [-0.2, -0.15) is 0 Å². The van der Waals surface area contributed by atoms with Gasteiger partial charge in [0, 0.05) is 6.54 Å². The number of carbonyl (C=O) groups excluding carboxylic acids is 4. The van der Waals surface area contributed by atoms with Crippen LogP contribution in [0.15, 0.2) is 60.7 Å². The molecule has 9 heteroatoms. The van der Waals surface area contributed by atoms with Crippen molar-refractivity contribution in [2.45, 2.75) is 45.9 Å². The van der Waals surface area contributed by atoms with Gasteiger partial charge in [0.25, 0.3) is 5.91 Å². The fourth-order valence-corrected chi connectivity index (χ4v) is 3.23. The van der Waals surface area contributed by atoms with E-state index in [1.165, 1.54) is 0 Å². The first kappa shape index (κ1) is 26.5. The van der Waals surface area contributed by atoms with Gasteiger partial charge in [-0.05, 0) is 23.5 Å². The van der Waals surface area contributed by atoms with E-state index in [-0.39, 0.29) is 25.5 Å². The van der Waals surface area contributed by atoms with Crippen molar-refractivity contribution in [2.75, 3.05) is 0 Å². The molecule has 0 aromatic heterocycles. The first-order chi connectivity index (χ1) is 16.3. The molecule has 34 heavy (non-hydrogen) atoms. The summed E-state index contributed by atoms with van der Waals surface area (Å²) in [7, 11) is 0. The summed E-state index contributed by atoms with van der Waals surface area (Å²) in [5.41, 5.74) is 9.30. The van der Waals surface area contributed by atoms with Gasteiger partial charge >= 0.3 is 0 Å². The number of hydrogen-bond donors (Lipinski definition) is 4. The SMILES string of the molecule is CC(C)CC(C(=O)NOCc1ccccc1)C(=O)N[C@@H](CC(N)=O)C(=O)NCc1ccccc1. The van der Waals surface area contributed by atoms with Crippen LogP contribution in [-0.4, -0.2) is 29.7 Å². The minimum atomic E-state index is -1.21. The number of nitrogens with two attached hydrogens (primary N) is 1. The third-order valence-electron chi connectivity index (χ3n) is 4.94. The second kappa shape index (κ2) is 13.7. The Morgan fingerprint density at radius 2 is 1.44 bits per heavy atom. The number of primary amides is 1. The Morgan fingerprint density at radius 3 is 2.00 bits per heavy atom. The fourth-order valence-electron chi connectivity index (χ4n) is 3.23. The van der Waals surface area contributed by atoms with Gasteiger partial charge in [-0.15, -0.1) is 0 Å². The van der Waals surface area contributed by atoms with Crippen molar-refractivity contribution in [3.63, 3.8) is 0 Å². The van der Waals surface area contributed by atoms with Crippen molar-refractivity contribution in [3.8, 4) is 0 Å². The number of amides is 4. The van der Waals surface area contributed by atoms with Crippen LogP contribution >= 0.6 is 0 Å². The zero-order chi connectivity index (χ0) is 24.9. The zero-order valence-corrected chi connectivity index (χ0v) is 19.5. The molecule has 4 amide bonds. The standard InChI is InChI=1S/C25H32N4O5/c1-17(2)13-20(24(32)29-34-16-19-11-7-4-8-12-19)23(31)28-21(14-22(26)30)25(33)27-15-18-9-5-3-6-10-18/h3-12,17,20-21H,13-16H2,1-2H3,(H2,26,30)(H,27,33)(H,28,31)(H,29,32)/t20?,21-/m0/s1. The maximum absolute atomic E-state index is 13.0. The smallest absolute Gasteiger partial charge is 0.256 e. The van der Waals surface area contributed by atoms with Crippen molar-refractivity contribution in [1.82, 2.24) is 16.1 Å². The number of hydroxylamine groups is 1. The van der Waals surface area contributed by atoms with E-state index in [1.54, 1.807) is 0 Å². The molecular weight excluding hydrogens is 436 g/mol. The second-order valence-corrected chi connectivity index (χ2v) is 8.36. The summed E-state index contributed by atoms with van der Waals surface area (Å²) in [6.45, 7) is 4.08. The third kappa shape index (κ3) is 9.41. The maximum Gasteiger partial charge on any atom is 0.256 e. The Bertz CT molecular complexity index is 950. The molecule has 0 bridgehead atoms. The lowest BCUT2D eigenvalue weighted by Gasteiger charge is -2.22. The third-order valence-corrected chi connectivity index (χ3v) is 4.94. The molecule has 2 aromatic rings.